The van der Waals surface area contributed by atoms with Gasteiger partial charge in [0.2, 0.25) is 0 Å². The van der Waals surface area contributed by atoms with Gasteiger partial charge in [-0.2, -0.15) is 0 Å². The summed E-state index contributed by atoms with van der Waals surface area (Å²) in [6.45, 7) is 4.13. The van der Waals surface area contributed by atoms with Gasteiger partial charge in [0.1, 0.15) is 0 Å². The molecule has 1 rings (SSSR count). The molecule has 0 spiro atoms. The van der Waals surface area contributed by atoms with Gasteiger partial charge in [-0.05, 0) is 32.9 Å². The third kappa shape index (κ3) is 4.67. The van der Waals surface area contributed by atoms with Crippen LogP contribution in [-0.4, -0.2) is 18.0 Å². The SMILES string of the molecule is [CH2-]N1CCC(C#CC)CC1.[K+]. The molecule has 1 aliphatic rings. The minimum Gasteiger partial charge on any atom is -0.459 e. The first-order chi connectivity index (χ1) is 4.83. The molecule has 0 bridgehead atoms. The van der Waals surface area contributed by atoms with Crippen molar-refractivity contribution in [2.24, 2.45) is 5.92 Å². The van der Waals surface area contributed by atoms with Crippen LogP contribution in [0.4, 0.5) is 0 Å². The second-order valence-corrected chi connectivity index (χ2v) is 2.79. The average molecular weight is 175 g/mol. The van der Waals surface area contributed by atoms with E-state index in [0.717, 1.165) is 13.1 Å². The zero-order valence-corrected chi connectivity index (χ0v) is 10.7. The molecule has 0 N–H and O–H groups in total. The zero-order chi connectivity index (χ0) is 7.40. The van der Waals surface area contributed by atoms with Crippen LogP contribution in [0.2, 0.25) is 0 Å². The minimum atomic E-state index is 0. The average Bonchev–Trinajstić information content (AvgIpc) is 1.95. The van der Waals surface area contributed by atoms with E-state index in [2.05, 4.69) is 23.8 Å². The number of likely N-dealkylation sites (tertiary alicyclic amines) is 1. The Morgan fingerprint density at radius 2 is 1.91 bits per heavy atom. The van der Waals surface area contributed by atoms with Crippen molar-refractivity contribution >= 4 is 0 Å². The molecule has 2 heteroatoms. The molecule has 0 aromatic carbocycles. The maximum atomic E-state index is 3.88. The van der Waals surface area contributed by atoms with Gasteiger partial charge in [0.15, 0.2) is 0 Å². The molecule has 0 aromatic heterocycles. The Kier molecular flexibility index (Phi) is 7.35. The van der Waals surface area contributed by atoms with Gasteiger partial charge in [-0.1, -0.05) is 0 Å². The van der Waals surface area contributed by atoms with E-state index in [9.17, 15) is 0 Å². The molecule has 1 saturated heterocycles. The summed E-state index contributed by atoms with van der Waals surface area (Å²) in [4.78, 5) is 2.12. The molecule has 0 amide bonds. The summed E-state index contributed by atoms with van der Waals surface area (Å²) in [5, 5.41) is 0. The number of rotatable bonds is 0. The number of piperidine rings is 1. The van der Waals surface area contributed by atoms with Crippen LogP contribution in [0.3, 0.4) is 0 Å². The Labute approximate surface area is 112 Å². The van der Waals surface area contributed by atoms with E-state index in [1.54, 1.807) is 0 Å². The summed E-state index contributed by atoms with van der Waals surface area (Å²) >= 11 is 0. The van der Waals surface area contributed by atoms with E-state index in [-0.39, 0.29) is 51.4 Å². The fraction of sp³-hybridized carbons (Fsp3) is 0.667. The summed E-state index contributed by atoms with van der Waals surface area (Å²) in [6, 6.07) is 0. The smallest absolute Gasteiger partial charge is 0.459 e. The molecule has 1 fully saturated rings. The number of nitrogens with zero attached hydrogens (tertiary/aromatic N) is 1. The fourth-order valence-corrected chi connectivity index (χ4v) is 1.28. The first kappa shape index (κ1) is 12.2. The van der Waals surface area contributed by atoms with Crippen molar-refractivity contribution < 1.29 is 51.4 Å². The van der Waals surface area contributed by atoms with Crippen molar-refractivity contribution in [2.45, 2.75) is 19.8 Å². The maximum Gasteiger partial charge on any atom is 1.00 e. The van der Waals surface area contributed by atoms with Crippen molar-refractivity contribution in [2.75, 3.05) is 13.1 Å². The van der Waals surface area contributed by atoms with Crippen LogP contribution in [0.25, 0.3) is 0 Å². The van der Waals surface area contributed by atoms with Gasteiger partial charge in [0.25, 0.3) is 0 Å². The molecule has 0 aliphatic carbocycles. The van der Waals surface area contributed by atoms with Gasteiger partial charge in [-0.15, -0.1) is 11.8 Å². The molecule has 1 aliphatic heterocycles. The minimum absolute atomic E-state index is 0. The van der Waals surface area contributed by atoms with Gasteiger partial charge in [-0.25, -0.2) is 0 Å². The Balaban J connectivity index is 0.000001000. The van der Waals surface area contributed by atoms with Crippen LogP contribution in [0.15, 0.2) is 0 Å². The first-order valence-electron chi connectivity index (χ1n) is 3.80. The van der Waals surface area contributed by atoms with E-state index < -0.39 is 0 Å². The van der Waals surface area contributed by atoms with Gasteiger partial charge >= 0.3 is 51.4 Å². The summed E-state index contributed by atoms with van der Waals surface area (Å²) in [5.41, 5.74) is 0. The van der Waals surface area contributed by atoms with E-state index in [0.29, 0.717) is 5.92 Å². The molecule has 11 heavy (non-hydrogen) atoms. The van der Waals surface area contributed by atoms with Crippen LogP contribution in [0, 0.1) is 24.8 Å². The maximum absolute atomic E-state index is 3.88. The molecular formula is C9H14KN. The van der Waals surface area contributed by atoms with Gasteiger partial charge < -0.3 is 4.90 Å². The summed E-state index contributed by atoms with van der Waals surface area (Å²) in [5.74, 6) is 6.81. The van der Waals surface area contributed by atoms with Gasteiger partial charge in [0, 0.05) is 5.92 Å². The monoisotopic (exact) mass is 175 g/mol. The molecule has 1 heterocycles. The fourth-order valence-electron chi connectivity index (χ4n) is 1.28. The number of hydrogen-bond acceptors (Lipinski definition) is 1. The van der Waals surface area contributed by atoms with Crippen LogP contribution < -0.4 is 51.4 Å². The van der Waals surface area contributed by atoms with Gasteiger partial charge in [-0.3, -0.25) is 7.05 Å². The Hall–Kier alpha value is 1.16. The van der Waals surface area contributed by atoms with Crippen LogP contribution in [0.5, 0.6) is 0 Å². The first-order valence-corrected chi connectivity index (χ1v) is 3.80. The van der Waals surface area contributed by atoms with Crippen molar-refractivity contribution in [3.05, 3.63) is 7.05 Å². The Morgan fingerprint density at radius 3 is 2.36 bits per heavy atom. The molecule has 0 radical (unpaired) electrons. The third-order valence-electron chi connectivity index (χ3n) is 1.94. The van der Waals surface area contributed by atoms with E-state index in [1.165, 1.54) is 12.8 Å². The molecule has 0 atom stereocenters. The topological polar surface area (TPSA) is 3.24 Å². The van der Waals surface area contributed by atoms with E-state index in [4.69, 9.17) is 0 Å². The van der Waals surface area contributed by atoms with Crippen molar-refractivity contribution in [3.63, 3.8) is 0 Å². The van der Waals surface area contributed by atoms with Crippen LogP contribution >= 0.6 is 0 Å². The second-order valence-electron chi connectivity index (χ2n) is 2.79. The molecule has 1 nitrogen and oxygen atoms in total. The summed E-state index contributed by atoms with van der Waals surface area (Å²) < 4.78 is 0. The molecule has 56 valence electrons. The summed E-state index contributed by atoms with van der Waals surface area (Å²) in [6.07, 6.45) is 2.40. The normalized spacial score (nSPS) is 19.8. The Bertz CT molecular complexity index is 149. The van der Waals surface area contributed by atoms with E-state index in [1.807, 2.05) is 6.92 Å². The van der Waals surface area contributed by atoms with Crippen molar-refractivity contribution in [1.29, 1.82) is 0 Å². The summed E-state index contributed by atoms with van der Waals surface area (Å²) in [7, 11) is 3.88. The van der Waals surface area contributed by atoms with E-state index >= 15 is 0 Å². The third-order valence-corrected chi connectivity index (χ3v) is 1.94. The molecule has 0 aromatic rings. The quantitative estimate of drug-likeness (QED) is 0.246. The number of hydrogen-bond donors (Lipinski definition) is 0. The largest absolute Gasteiger partial charge is 1.00 e. The van der Waals surface area contributed by atoms with Gasteiger partial charge in [0.05, 0.1) is 0 Å². The zero-order valence-electron chi connectivity index (χ0n) is 7.56. The standard InChI is InChI=1S/C9H14N.K/c1-3-4-9-5-7-10(2)8-6-9;/h9H,2,5-8H2,1H3;/q-1;+1. The Morgan fingerprint density at radius 1 is 1.36 bits per heavy atom. The van der Waals surface area contributed by atoms with Crippen LogP contribution in [-0.2, 0) is 0 Å². The predicted octanol–water partition coefficient (Wildman–Crippen LogP) is -1.48. The predicted molar refractivity (Wildman–Crippen MR) is 43.1 cm³/mol. The van der Waals surface area contributed by atoms with Crippen molar-refractivity contribution in [3.8, 4) is 11.8 Å². The molecule has 0 unspecified atom stereocenters. The van der Waals surface area contributed by atoms with Crippen molar-refractivity contribution in [1.82, 2.24) is 4.90 Å². The molecule has 0 saturated carbocycles. The second kappa shape index (κ2) is 6.65. The van der Waals surface area contributed by atoms with Crippen LogP contribution in [0.1, 0.15) is 19.8 Å². The molecular weight excluding hydrogens is 161 g/mol.